The van der Waals surface area contributed by atoms with Gasteiger partial charge in [0.15, 0.2) is 0 Å². The van der Waals surface area contributed by atoms with Crippen LogP contribution in [0.5, 0.6) is 0 Å². The molecule has 1 spiro atoms. The van der Waals surface area contributed by atoms with Gasteiger partial charge in [-0.3, -0.25) is 4.79 Å². The highest BCUT2D eigenvalue weighted by Gasteiger charge is 2.47. The molecule has 4 rings (SSSR count). The third-order valence-corrected chi connectivity index (χ3v) is 7.57. The van der Waals surface area contributed by atoms with Crippen molar-refractivity contribution < 1.29 is 14.3 Å². The lowest BCUT2D eigenvalue weighted by Crippen LogP contribution is -2.52. The molecular weight excluding hydrogens is 434 g/mol. The Balaban J connectivity index is 1.41. The zero-order chi connectivity index (χ0) is 20.6. The first kappa shape index (κ1) is 20.7. The average Bonchev–Trinajstić information content (AvgIpc) is 3.05. The Bertz CT molecular complexity index is 784. The molecule has 3 heterocycles. The van der Waals surface area contributed by atoms with Gasteiger partial charge in [0.2, 0.25) is 5.91 Å². The SMILES string of the molecule is CCOC(=O)N1CCC(N2CCC3(CC2)CN(C(C)=O)c2c(Br)cccc23)CC1. The molecule has 0 N–H and O–H groups in total. The largest absolute Gasteiger partial charge is 0.450 e. The van der Waals surface area contributed by atoms with Crippen LogP contribution in [-0.4, -0.2) is 67.2 Å². The van der Waals surface area contributed by atoms with E-state index in [-0.39, 0.29) is 17.4 Å². The van der Waals surface area contributed by atoms with Crippen LogP contribution in [0.15, 0.2) is 22.7 Å². The van der Waals surface area contributed by atoms with Crippen LogP contribution in [0.25, 0.3) is 0 Å². The summed E-state index contributed by atoms with van der Waals surface area (Å²) in [6, 6.07) is 6.85. The summed E-state index contributed by atoms with van der Waals surface area (Å²) in [4.78, 5) is 30.6. The zero-order valence-corrected chi connectivity index (χ0v) is 18.9. The summed E-state index contributed by atoms with van der Waals surface area (Å²) in [5, 5.41) is 0. The molecule has 0 bridgehead atoms. The fourth-order valence-electron chi connectivity index (χ4n) is 5.33. The number of rotatable bonds is 2. The number of likely N-dealkylation sites (tertiary alicyclic amines) is 2. The van der Waals surface area contributed by atoms with Crippen molar-refractivity contribution in [2.45, 2.75) is 51.0 Å². The first-order chi connectivity index (χ1) is 13.9. The lowest BCUT2D eigenvalue weighted by molar-refractivity contribution is -0.116. The molecule has 2 amide bonds. The van der Waals surface area contributed by atoms with Crippen LogP contribution in [0.2, 0.25) is 0 Å². The van der Waals surface area contributed by atoms with Gasteiger partial charge >= 0.3 is 6.09 Å². The van der Waals surface area contributed by atoms with Gasteiger partial charge in [0.1, 0.15) is 0 Å². The Kier molecular flexibility index (Phi) is 5.89. The lowest BCUT2D eigenvalue weighted by Gasteiger charge is -2.45. The van der Waals surface area contributed by atoms with Crippen molar-refractivity contribution in [2.24, 2.45) is 0 Å². The van der Waals surface area contributed by atoms with Crippen LogP contribution in [0.3, 0.4) is 0 Å². The Morgan fingerprint density at radius 2 is 1.86 bits per heavy atom. The molecule has 0 saturated carbocycles. The van der Waals surface area contributed by atoms with E-state index in [0.717, 1.165) is 68.6 Å². The molecule has 1 aromatic carbocycles. The Morgan fingerprint density at radius 1 is 1.17 bits per heavy atom. The van der Waals surface area contributed by atoms with Crippen molar-refractivity contribution in [1.29, 1.82) is 0 Å². The molecule has 0 aliphatic carbocycles. The monoisotopic (exact) mass is 463 g/mol. The van der Waals surface area contributed by atoms with Gasteiger partial charge in [0.25, 0.3) is 0 Å². The highest BCUT2D eigenvalue weighted by atomic mass is 79.9. The molecule has 29 heavy (non-hydrogen) atoms. The summed E-state index contributed by atoms with van der Waals surface area (Å²) in [6.07, 6.45) is 3.97. The van der Waals surface area contributed by atoms with Crippen LogP contribution in [0.1, 0.15) is 45.1 Å². The van der Waals surface area contributed by atoms with E-state index in [1.165, 1.54) is 5.56 Å². The number of halogens is 1. The second-order valence-electron chi connectivity index (χ2n) is 8.47. The highest BCUT2D eigenvalue weighted by Crippen LogP contribution is 2.50. The number of hydrogen-bond acceptors (Lipinski definition) is 4. The molecule has 0 atom stereocenters. The average molecular weight is 464 g/mol. The first-order valence-electron chi connectivity index (χ1n) is 10.7. The van der Waals surface area contributed by atoms with Crippen molar-refractivity contribution >= 4 is 33.6 Å². The molecule has 3 aliphatic heterocycles. The molecule has 1 aromatic rings. The minimum atomic E-state index is -0.180. The normalized spacial score (nSPS) is 22.0. The molecule has 0 aromatic heterocycles. The predicted octanol–water partition coefficient (Wildman–Crippen LogP) is 3.77. The van der Waals surface area contributed by atoms with E-state index in [1.807, 2.05) is 22.8 Å². The number of para-hydroxylation sites is 1. The van der Waals surface area contributed by atoms with Gasteiger partial charge in [-0.1, -0.05) is 12.1 Å². The molecule has 0 radical (unpaired) electrons. The molecule has 3 aliphatic rings. The summed E-state index contributed by atoms with van der Waals surface area (Å²) in [5.74, 6) is 0.115. The van der Waals surface area contributed by atoms with Crippen molar-refractivity contribution in [3.05, 3.63) is 28.2 Å². The minimum Gasteiger partial charge on any atom is -0.450 e. The van der Waals surface area contributed by atoms with Gasteiger partial charge in [-0.2, -0.15) is 0 Å². The molecule has 2 saturated heterocycles. The number of nitrogens with zero attached hydrogens (tertiary/aromatic N) is 3. The summed E-state index contributed by atoms with van der Waals surface area (Å²) < 4.78 is 6.15. The van der Waals surface area contributed by atoms with Gasteiger partial charge in [0, 0.05) is 42.5 Å². The number of fused-ring (bicyclic) bond motifs is 2. The molecule has 7 heteroatoms. The Morgan fingerprint density at radius 3 is 2.48 bits per heavy atom. The minimum absolute atomic E-state index is 0.0624. The van der Waals surface area contributed by atoms with Gasteiger partial charge in [0.05, 0.1) is 12.3 Å². The fraction of sp³-hybridized carbons (Fsp3) is 0.636. The quantitative estimate of drug-likeness (QED) is 0.669. The van der Waals surface area contributed by atoms with Crippen LogP contribution in [-0.2, 0) is 14.9 Å². The zero-order valence-electron chi connectivity index (χ0n) is 17.3. The molecular formula is C22H30BrN3O3. The van der Waals surface area contributed by atoms with E-state index in [4.69, 9.17) is 4.74 Å². The number of anilines is 1. The summed E-state index contributed by atoms with van der Waals surface area (Å²) in [7, 11) is 0. The third kappa shape index (κ3) is 3.79. The van der Waals surface area contributed by atoms with Crippen molar-refractivity contribution in [3.63, 3.8) is 0 Å². The van der Waals surface area contributed by atoms with E-state index in [1.54, 1.807) is 6.92 Å². The lowest BCUT2D eigenvalue weighted by atomic mass is 9.74. The van der Waals surface area contributed by atoms with Gasteiger partial charge in [-0.15, -0.1) is 0 Å². The van der Waals surface area contributed by atoms with Gasteiger partial charge in [-0.05, 0) is 73.3 Å². The van der Waals surface area contributed by atoms with Gasteiger partial charge in [-0.25, -0.2) is 4.79 Å². The second-order valence-corrected chi connectivity index (χ2v) is 9.33. The fourth-order valence-corrected chi connectivity index (χ4v) is 5.91. The van der Waals surface area contributed by atoms with Gasteiger partial charge < -0.3 is 19.4 Å². The molecule has 0 unspecified atom stereocenters. The van der Waals surface area contributed by atoms with E-state index >= 15 is 0 Å². The summed E-state index contributed by atoms with van der Waals surface area (Å²) in [6.45, 7) is 8.37. The number of piperidine rings is 2. The first-order valence-corrected chi connectivity index (χ1v) is 11.5. The molecule has 6 nitrogen and oxygen atoms in total. The second kappa shape index (κ2) is 8.26. The van der Waals surface area contributed by atoms with Crippen LogP contribution < -0.4 is 4.90 Å². The molecule has 158 valence electrons. The standard InChI is InChI=1S/C22H30BrN3O3/c1-3-29-21(28)25-11-7-17(8-12-25)24-13-9-22(10-14-24)15-26(16(2)27)20-18(22)5-4-6-19(20)23/h4-6,17H,3,7-15H2,1-2H3. The van der Waals surface area contributed by atoms with Crippen LogP contribution >= 0.6 is 15.9 Å². The summed E-state index contributed by atoms with van der Waals surface area (Å²) >= 11 is 3.66. The number of hydrogen-bond donors (Lipinski definition) is 0. The number of benzene rings is 1. The number of amides is 2. The highest BCUT2D eigenvalue weighted by molar-refractivity contribution is 9.10. The van der Waals surface area contributed by atoms with Crippen LogP contribution in [0.4, 0.5) is 10.5 Å². The summed E-state index contributed by atoms with van der Waals surface area (Å²) in [5.41, 5.74) is 2.45. The van der Waals surface area contributed by atoms with E-state index in [2.05, 4.69) is 33.0 Å². The number of carbonyl (C=O) groups is 2. The van der Waals surface area contributed by atoms with E-state index in [0.29, 0.717) is 12.6 Å². The number of carbonyl (C=O) groups excluding carboxylic acids is 2. The number of ether oxygens (including phenoxy) is 1. The Labute approximate surface area is 181 Å². The maximum atomic E-state index is 12.3. The van der Waals surface area contributed by atoms with E-state index in [9.17, 15) is 9.59 Å². The van der Waals surface area contributed by atoms with Crippen molar-refractivity contribution in [1.82, 2.24) is 9.80 Å². The maximum absolute atomic E-state index is 12.3. The Hall–Kier alpha value is -1.60. The smallest absolute Gasteiger partial charge is 0.409 e. The van der Waals surface area contributed by atoms with E-state index < -0.39 is 0 Å². The topological polar surface area (TPSA) is 53.1 Å². The maximum Gasteiger partial charge on any atom is 0.409 e. The van der Waals surface area contributed by atoms with Crippen LogP contribution in [0, 0.1) is 0 Å². The molecule has 2 fully saturated rings. The van der Waals surface area contributed by atoms with Crippen molar-refractivity contribution in [3.8, 4) is 0 Å². The third-order valence-electron chi connectivity index (χ3n) is 6.93. The predicted molar refractivity (Wildman–Crippen MR) is 116 cm³/mol. The van der Waals surface area contributed by atoms with Crippen molar-refractivity contribution in [2.75, 3.05) is 44.2 Å².